The van der Waals surface area contributed by atoms with Crippen LogP contribution in [0, 0.1) is 17.6 Å². The molecule has 1 unspecified atom stereocenters. The molecule has 0 aromatic heterocycles. The van der Waals surface area contributed by atoms with Gasteiger partial charge in [0.1, 0.15) is 11.6 Å². The van der Waals surface area contributed by atoms with Gasteiger partial charge in [0.15, 0.2) is 0 Å². The van der Waals surface area contributed by atoms with E-state index in [0.29, 0.717) is 13.1 Å². The Hall–Kier alpha value is -2.32. The molecular weight excluding hydrogens is 362 g/mol. The van der Waals surface area contributed by atoms with Crippen molar-refractivity contribution >= 4 is 15.9 Å². The highest BCUT2D eigenvalue weighted by Gasteiger charge is 2.30. The van der Waals surface area contributed by atoms with Gasteiger partial charge in [-0.05, 0) is 41.8 Å². The summed E-state index contributed by atoms with van der Waals surface area (Å²) in [6.07, 6.45) is 0.229. The highest BCUT2D eigenvalue weighted by Crippen LogP contribution is 2.20. The van der Waals surface area contributed by atoms with Crippen LogP contribution in [0.1, 0.15) is 12.0 Å². The topological polar surface area (TPSA) is 66.5 Å². The molecule has 26 heavy (non-hydrogen) atoms. The van der Waals surface area contributed by atoms with Crippen molar-refractivity contribution in [1.29, 1.82) is 0 Å². The Bertz CT molecular complexity index is 901. The molecule has 0 spiro atoms. The maximum Gasteiger partial charge on any atom is 0.240 e. The summed E-state index contributed by atoms with van der Waals surface area (Å²) in [5.41, 5.74) is 0.806. The zero-order valence-electron chi connectivity index (χ0n) is 13.9. The Balaban J connectivity index is 1.58. The molecule has 0 bridgehead atoms. The van der Waals surface area contributed by atoms with Crippen molar-refractivity contribution in [3.8, 4) is 0 Å². The molecule has 1 aliphatic rings. The number of nitrogens with zero attached hydrogens (tertiary/aromatic N) is 1. The molecule has 2 aromatic rings. The average Bonchev–Trinajstić information content (AvgIpc) is 2.95. The Morgan fingerprint density at radius 2 is 1.81 bits per heavy atom. The molecule has 1 atom stereocenters. The smallest absolute Gasteiger partial charge is 0.240 e. The Morgan fingerprint density at radius 3 is 2.50 bits per heavy atom. The van der Waals surface area contributed by atoms with Gasteiger partial charge in [-0.2, -0.15) is 0 Å². The van der Waals surface area contributed by atoms with Crippen LogP contribution in [0.2, 0.25) is 0 Å². The fourth-order valence-corrected chi connectivity index (χ4v) is 4.05. The number of carbonyl (C=O) groups is 1. The lowest BCUT2D eigenvalue weighted by atomic mass is 10.1. The summed E-state index contributed by atoms with van der Waals surface area (Å²) in [5.74, 6) is -1.23. The van der Waals surface area contributed by atoms with Crippen LogP contribution in [-0.4, -0.2) is 32.3 Å². The van der Waals surface area contributed by atoms with Crippen molar-refractivity contribution in [2.75, 3.05) is 13.1 Å². The third kappa shape index (κ3) is 4.44. The number of halogens is 2. The van der Waals surface area contributed by atoms with Gasteiger partial charge in [0, 0.05) is 26.1 Å². The fourth-order valence-electron chi connectivity index (χ4n) is 2.90. The van der Waals surface area contributed by atoms with Crippen LogP contribution in [0.4, 0.5) is 8.78 Å². The van der Waals surface area contributed by atoms with E-state index in [4.69, 9.17) is 0 Å². The minimum Gasteiger partial charge on any atom is -0.338 e. The predicted molar refractivity (Wildman–Crippen MR) is 91.5 cm³/mol. The van der Waals surface area contributed by atoms with Crippen molar-refractivity contribution < 1.29 is 22.0 Å². The number of hydrogen-bond acceptors (Lipinski definition) is 3. The van der Waals surface area contributed by atoms with Gasteiger partial charge in [0.05, 0.1) is 4.90 Å². The quantitative estimate of drug-likeness (QED) is 0.836. The highest BCUT2D eigenvalue weighted by atomic mass is 32.2. The third-order valence-corrected chi connectivity index (χ3v) is 5.67. The summed E-state index contributed by atoms with van der Waals surface area (Å²) in [4.78, 5) is 13.6. The number of hydrogen-bond donors (Lipinski definition) is 1. The lowest BCUT2D eigenvalue weighted by Crippen LogP contribution is -2.31. The third-order valence-electron chi connectivity index (χ3n) is 4.25. The molecular formula is C18H18F2N2O3S. The predicted octanol–water partition coefficient (Wildman–Crippen LogP) is 2.29. The summed E-state index contributed by atoms with van der Waals surface area (Å²) >= 11 is 0. The van der Waals surface area contributed by atoms with Gasteiger partial charge in [0.2, 0.25) is 15.9 Å². The minimum atomic E-state index is -3.83. The molecule has 1 heterocycles. The van der Waals surface area contributed by atoms with Crippen LogP contribution in [-0.2, 0) is 21.4 Å². The van der Waals surface area contributed by atoms with E-state index in [1.165, 1.54) is 30.3 Å². The number of amides is 1. The van der Waals surface area contributed by atoms with Crippen molar-refractivity contribution in [2.45, 2.75) is 17.9 Å². The SMILES string of the molecule is O=C1CC(CNS(=O)(=O)c2cccc(F)c2)CN1Cc1ccc(F)cc1. The van der Waals surface area contributed by atoms with Gasteiger partial charge in [-0.3, -0.25) is 4.79 Å². The lowest BCUT2D eigenvalue weighted by Gasteiger charge is -2.17. The van der Waals surface area contributed by atoms with E-state index >= 15 is 0 Å². The Kier molecular flexibility index (Phi) is 5.33. The molecule has 1 N–H and O–H groups in total. The monoisotopic (exact) mass is 380 g/mol. The van der Waals surface area contributed by atoms with Crippen LogP contribution in [0.3, 0.4) is 0 Å². The van der Waals surface area contributed by atoms with Crippen LogP contribution in [0.15, 0.2) is 53.4 Å². The first-order valence-electron chi connectivity index (χ1n) is 8.11. The van der Waals surface area contributed by atoms with Gasteiger partial charge in [0.25, 0.3) is 0 Å². The molecule has 8 heteroatoms. The van der Waals surface area contributed by atoms with E-state index in [1.54, 1.807) is 17.0 Å². The second-order valence-electron chi connectivity index (χ2n) is 6.28. The molecule has 1 amide bonds. The summed E-state index contributed by atoms with van der Waals surface area (Å²) in [6.45, 7) is 0.846. The fraction of sp³-hybridized carbons (Fsp3) is 0.278. The first-order chi connectivity index (χ1) is 12.3. The molecule has 1 aliphatic heterocycles. The van der Waals surface area contributed by atoms with Crippen molar-refractivity contribution in [2.24, 2.45) is 5.92 Å². The molecule has 0 aliphatic carbocycles. The van der Waals surface area contributed by atoms with Gasteiger partial charge < -0.3 is 4.90 Å². The van der Waals surface area contributed by atoms with Crippen molar-refractivity contribution in [3.63, 3.8) is 0 Å². The first kappa shape index (κ1) is 18.5. The number of sulfonamides is 1. The summed E-state index contributed by atoms with van der Waals surface area (Å²) in [5, 5.41) is 0. The second-order valence-corrected chi connectivity index (χ2v) is 8.05. The number of nitrogens with one attached hydrogen (secondary N) is 1. The number of likely N-dealkylation sites (tertiary alicyclic amines) is 1. The van der Waals surface area contributed by atoms with E-state index in [0.717, 1.165) is 11.6 Å². The van der Waals surface area contributed by atoms with E-state index < -0.39 is 15.8 Å². The van der Waals surface area contributed by atoms with Gasteiger partial charge in [-0.1, -0.05) is 18.2 Å². The van der Waals surface area contributed by atoms with Crippen molar-refractivity contribution in [1.82, 2.24) is 9.62 Å². The zero-order valence-corrected chi connectivity index (χ0v) is 14.7. The molecule has 0 radical (unpaired) electrons. The second kappa shape index (κ2) is 7.51. The molecule has 3 rings (SSSR count). The van der Waals surface area contributed by atoms with Crippen LogP contribution in [0.5, 0.6) is 0 Å². The molecule has 5 nitrogen and oxygen atoms in total. The summed E-state index contributed by atoms with van der Waals surface area (Å²) in [6, 6.07) is 10.6. The first-order valence-corrected chi connectivity index (χ1v) is 9.59. The van der Waals surface area contributed by atoms with Crippen LogP contribution in [0.25, 0.3) is 0 Å². The van der Waals surface area contributed by atoms with Crippen LogP contribution < -0.4 is 4.72 Å². The molecule has 138 valence electrons. The Labute approximate surface area is 150 Å². The highest BCUT2D eigenvalue weighted by molar-refractivity contribution is 7.89. The molecule has 1 saturated heterocycles. The number of carbonyl (C=O) groups excluding carboxylic acids is 1. The minimum absolute atomic E-state index is 0.0794. The normalized spacial score (nSPS) is 17.7. The van der Waals surface area contributed by atoms with E-state index in [9.17, 15) is 22.0 Å². The maximum atomic E-state index is 13.2. The van der Waals surface area contributed by atoms with E-state index in [-0.39, 0.29) is 35.5 Å². The van der Waals surface area contributed by atoms with Gasteiger partial charge in [-0.15, -0.1) is 0 Å². The molecule has 1 fully saturated rings. The maximum absolute atomic E-state index is 13.2. The van der Waals surface area contributed by atoms with E-state index in [1.807, 2.05) is 0 Å². The number of benzene rings is 2. The van der Waals surface area contributed by atoms with Crippen LogP contribution >= 0.6 is 0 Å². The van der Waals surface area contributed by atoms with Gasteiger partial charge >= 0.3 is 0 Å². The summed E-state index contributed by atoms with van der Waals surface area (Å²) < 4.78 is 53.0. The molecule has 0 saturated carbocycles. The summed E-state index contributed by atoms with van der Waals surface area (Å²) in [7, 11) is -3.83. The molecule has 2 aromatic carbocycles. The van der Waals surface area contributed by atoms with E-state index in [2.05, 4.69) is 4.72 Å². The zero-order chi connectivity index (χ0) is 18.7. The van der Waals surface area contributed by atoms with Crippen molar-refractivity contribution in [3.05, 3.63) is 65.7 Å². The standard InChI is InChI=1S/C18H18F2N2O3S/c19-15-6-4-13(5-7-15)11-22-12-14(8-18(22)23)10-21-26(24,25)17-3-1-2-16(20)9-17/h1-7,9,14,21H,8,10-12H2. The lowest BCUT2D eigenvalue weighted by molar-refractivity contribution is -0.128. The van der Waals surface area contributed by atoms with Gasteiger partial charge in [-0.25, -0.2) is 21.9 Å². The largest absolute Gasteiger partial charge is 0.338 e. The Morgan fingerprint density at radius 1 is 1.08 bits per heavy atom. The average molecular weight is 380 g/mol. The number of rotatable bonds is 6.